The Kier molecular flexibility index (Phi) is 6.37. The van der Waals surface area contributed by atoms with Crippen molar-refractivity contribution in [3.05, 3.63) is 51.7 Å². The molecule has 33 heavy (non-hydrogen) atoms. The Bertz CT molecular complexity index is 1320. The largest absolute Gasteiger partial charge is 0.345 e. The highest BCUT2D eigenvalue weighted by Crippen LogP contribution is 2.34. The predicted molar refractivity (Wildman–Crippen MR) is 132 cm³/mol. The molecule has 1 aliphatic heterocycles. The van der Waals surface area contributed by atoms with Gasteiger partial charge in [0.15, 0.2) is 0 Å². The normalized spacial score (nSPS) is 14.5. The summed E-state index contributed by atoms with van der Waals surface area (Å²) in [7, 11) is -1.97. The number of hydrogen-bond acceptors (Lipinski definition) is 5. The van der Waals surface area contributed by atoms with E-state index < -0.39 is 10.0 Å². The average molecular weight is 487 g/mol. The van der Waals surface area contributed by atoms with Crippen LogP contribution in [0.2, 0.25) is 0 Å². The minimum absolute atomic E-state index is 0.0196. The van der Waals surface area contributed by atoms with Crippen molar-refractivity contribution in [2.24, 2.45) is 7.05 Å². The lowest BCUT2D eigenvalue weighted by atomic mass is 10.1. The summed E-state index contributed by atoms with van der Waals surface area (Å²) in [5, 5.41) is 0.645. The maximum absolute atomic E-state index is 13.2. The van der Waals surface area contributed by atoms with Crippen molar-refractivity contribution in [1.29, 1.82) is 0 Å². The lowest BCUT2D eigenvalue weighted by Gasteiger charge is -2.26. The van der Waals surface area contributed by atoms with Gasteiger partial charge in [-0.15, -0.1) is 11.3 Å². The number of rotatable bonds is 5. The van der Waals surface area contributed by atoms with Gasteiger partial charge in [-0.1, -0.05) is 6.07 Å². The molecule has 3 heterocycles. The topological polar surface area (TPSA) is 84.3 Å². The fourth-order valence-electron chi connectivity index (χ4n) is 4.11. The van der Waals surface area contributed by atoms with Crippen LogP contribution in [-0.2, 0) is 17.1 Å². The molecule has 0 bridgehead atoms. The number of thiazole rings is 1. The fourth-order valence-corrected chi connectivity index (χ4v) is 6.53. The number of aryl methyl sites for hydroxylation is 3. The van der Waals surface area contributed by atoms with Crippen LogP contribution in [0.5, 0.6) is 0 Å². The first kappa shape index (κ1) is 23.5. The van der Waals surface area contributed by atoms with Crippen LogP contribution in [0.4, 0.5) is 5.69 Å². The molecule has 1 fully saturated rings. The van der Waals surface area contributed by atoms with Crippen molar-refractivity contribution in [3.8, 4) is 10.7 Å². The van der Waals surface area contributed by atoms with E-state index in [1.165, 1.54) is 11.3 Å². The third kappa shape index (κ3) is 4.56. The summed E-state index contributed by atoms with van der Waals surface area (Å²) in [6.07, 6.45) is 3.22. The van der Waals surface area contributed by atoms with Gasteiger partial charge in [-0.25, -0.2) is 13.4 Å². The summed E-state index contributed by atoms with van der Waals surface area (Å²) in [5.74, 6) is 0.0196. The molecule has 3 aromatic rings. The Hall–Kier alpha value is -2.65. The maximum atomic E-state index is 13.2. The summed E-state index contributed by atoms with van der Waals surface area (Å²) in [6, 6.07) is 7.14. The van der Waals surface area contributed by atoms with Crippen LogP contribution >= 0.6 is 11.3 Å². The smallest absolute Gasteiger partial charge is 0.265 e. The van der Waals surface area contributed by atoms with Crippen molar-refractivity contribution in [2.45, 2.75) is 51.9 Å². The number of anilines is 1. The van der Waals surface area contributed by atoms with Crippen molar-refractivity contribution >= 4 is 33.0 Å². The van der Waals surface area contributed by atoms with Crippen LogP contribution in [0.1, 0.15) is 51.4 Å². The van der Waals surface area contributed by atoms with Gasteiger partial charge >= 0.3 is 0 Å². The second kappa shape index (κ2) is 8.95. The van der Waals surface area contributed by atoms with Crippen LogP contribution in [-0.4, -0.2) is 41.9 Å². The van der Waals surface area contributed by atoms with Crippen LogP contribution in [0.25, 0.3) is 10.7 Å². The minimum atomic E-state index is -3.79. The molecule has 0 unspecified atom stereocenters. The van der Waals surface area contributed by atoms with E-state index in [9.17, 15) is 13.2 Å². The lowest BCUT2D eigenvalue weighted by molar-refractivity contribution is 0.0728. The molecule has 0 spiro atoms. The number of nitrogens with one attached hydrogen (secondary N) is 1. The monoisotopic (exact) mass is 486 g/mol. The zero-order valence-electron chi connectivity index (χ0n) is 19.7. The van der Waals surface area contributed by atoms with E-state index in [-0.39, 0.29) is 10.8 Å². The molecule has 1 N–H and O–H groups in total. The van der Waals surface area contributed by atoms with Gasteiger partial charge in [0, 0.05) is 31.5 Å². The molecular weight excluding hydrogens is 456 g/mol. The highest BCUT2D eigenvalue weighted by molar-refractivity contribution is 7.92. The molecule has 176 valence electrons. The van der Waals surface area contributed by atoms with Gasteiger partial charge < -0.3 is 9.47 Å². The number of likely N-dealkylation sites (tertiary alicyclic amines) is 1. The summed E-state index contributed by atoms with van der Waals surface area (Å²) < 4.78 is 30.9. The predicted octanol–water partition coefficient (Wildman–Crippen LogP) is 4.81. The quantitative estimate of drug-likeness (QED) is 0.561. The number of sulfonamides is 1. The molecule has 1 aromatic carbocycles. The summed E-state index contributed by atoms with van der Waals surface area (Å²) in [5.41, 5.74) is 4.62. The molecule has 1 saturated heterocycles. The summed E-state index contributed by atoms with van der Waals surface area (Å²) in [4.78, 5) is 20.4. The van der Waals surface area contributed by atoms with E-state index in [4.69, 9.17) is 0 Å². The standard InChI is InChI=1S/C24H30N4O3S2/c1-15-9-10-19(13-16(15)2)26-33(30,31)21-14-20(27(5)18(21)4)23-25-17(3)22(32-23)24(29)28-11-7-6-8-12-28/h9-10,13-14,26H,6-8,11-12H2,1-5H3. The number of piperidine rings is 1. The van der Waals surface area contributed by atoms with Crippen molar-refractivity contribution < 1.29 is 13.2 Å². The van der Waals surface area contributed by atoms with Crippen LogP contribution in [0.15, 0.2) is 29.2 Å². The van der Waals surface area contributed by atoms with E-state index in [0.717, 1.165) is 43.5 Å². The molecule has 2 aromatic heterocycles. The second-order valence-corrected chi connectivity index (χ2v) is 11.4. The zero-order valence-corrected chi connectivity index (χ0v) is 21.4. The Labute approximate surface area is 199 Å². The molecule has 7 nitrogen and oxygen atoms in total. The molecule has 0 saturated carbocycles. The van der Waals surface area contributed by atoms with Crippen LogP contribution in [0.3, 0.4) is 0 Å². The van der Waals surface area contributed by atoms with Crippen molar-refractivity contribution in [3.63, 3.8) is 0 Å². The van der Waals surface area contributed by atoms with Gasteiger partial charge in [0.25, 0.3) is 15.9 Å². The molecule has 0 aliphatic carbocycles. The molecule has 4 rings (SSSR count). The fraction of sp³-hybridized carbons (Fsp3) is 0.417. The number of carbonyl (C=O) groups excluding carboxylic acids is 1. The molecule has 0 radical (unpaired) electrons. The number of benzene rings is 1. The third-order valence-corrected chi connectivity index (χ3v) is 9.06. The second-order valence-electron chi connectivity index (χ2n) is 8.73. The SMILES string of the molecule is Cc1ccc(NS(=O)(=O)c2cc(-c3nc(C)c(C(=O)N4CCCCC4)s3)n(C)c2C)cc1C. The first-order chi connectivity index (χ1) is 15.6. The van der Waals surface area contributed by atoms with E-state index in [0.29, 0.717) is 32.7 Å². The Morgan fingerprint density at radius 1 is 1.03 bits per heavy atom. The van der Waals surface area contributed by atoms with Gasteiger partial charge in [-0.05, 0) is 76.3 Å². The summed E-state index contributed by atoms with van der Waals surface area (Å²) >= 11 is 1.33. The van der Waals surface area contributed by atoms with Crippen LogP contribution < -0.4 is 4.72 Å². The molecule has 1 amide bonds. The maximum Gasteiger partial charge on any atom is 0.265 e. The first-order valence-electron chi connectivity index (χ1n) is 11.1. The van der Waals surface area contributed by atoms with E-state index in [1.807, 2.05) is 49.4 Å². The number of hydrogen-bond donors (Lipinski definition) is 1. The molecule has 1 aliphatic rings. The summed E-state index contributed by atoms with van der Waals surface area (Å²) in [6.45, 7) is 9.11. The zero-order chi connectivity index (χ0) is 23.9. The molecule has 0 atom stereocenters. The highest BCUT2D eigenvalue weighted by Gasteiger charge is 2.27. The van der Waals surface area contributed by atoms with E-state index in [2.05, 4.69) is 9.71 Å². The number of amides is 1. The number of aromatic nitrogens is 2. The highest BCUT2D eigenvalue weighted by atomic mass is 32.2. The van der Waals surface area contributed by atoms with Gasteiger partial charge in [-0.2, -0.15) is 0 Å². The molecule has 9 heteroatoms. The van der Waals surface area contributed by atoms with Gasteiger partial charge in [0.05, 0.1) is 11.4 Å². The Morgan fingerprint density at radius 3 is 2.39 bits per heavy atom. The van der Waals surface area contributed by atoms with Gasteiger partial charge in [-0.3, -0.25) is 9.52 Å². The number of nitrogens with zero attached hydrogens (tertiary/aromatic N) is 3. The van der Waals surface area contributed by atoms with Crippen molar-refractivity contribution in [2.75, 3.05) is 17.8 Å². The first-order valence-corrected chi connectivity index (χ1v) is 13.4. The lowest BCUT2D eigenvalue weighted by Crippen LogP contribution is -2.35. The Morgan fingerprint density at radius 2 is 1.73 bits per heavy atom. The Balaban J connectivity index is 1.66. The third-order valence-electron chi connectivity index (χ3n) is 6.39. The van der Waals surface area contributed by atoms with Gasteiger partial charge in [0.1, 0.15) is 14.8 Å². The molecular formula is C24H30N4O3S2. The average Bonchev–Trinajstić information content (AvgIpc) is 3.31. The van der Waals surface area contributed by atoms with Crippen molar-refractivity contribution in [1.82, 2.24) is 14.5 Å². The van der Waals surface area contributed by atoms with E-state index >= 15 is 0 Å². The van der Waals surface area contributed by atoms with E-state index in [1.54, 1.807) is 19.1 Å². The minimum Gasteiger partial charge on any atom is -0.345 e. The number of carbonyl (C=O) groups is 1. The van der Waals surface area contributed by atoms with Crippen LogP contribution in [0, 0.1) is 27.7 Å². The van der Waals surface area contributed by atoms with Gasteiger partial charge in [0.2, 0.25) is 0 Å².